The molecule has 1 fully saturated rings. The number of nitrogens with one attached hydrogen (secondary N) is 2. The number of aromatic amines is 1. The Morgan fingerprint density at radius 2 is 2.17 bits per heavy atom. The summed E-state index contributed by atoms with van der Waals surface area (Å²) in [5.74, 6) is 2.74. The number of fused-ring (bicyclic) bond motifs is 1. The van der Waals surface area contributed by atoms with Gasteiger partial charge in [-0.15, -0.1) is 0 Å². The number of ether oxygens (including phenoxy) is 2. The van der Waals surface area contributed by atoms with Crippen molar-refractivity contribution in [3.05, 3.63) is 23.9 Å². The number of carbonyl (C=O) groups is 1. The van der Waals surface area contributed by atoms with E-state index in [4.69, 9.17) is 14.5 Å². The molecule has 1 saturated heterocycles. The Morgan fingerprint density at radius 3 is 2.93 bits per heavy atom. The maximum atomic E-state index is 11.6. The highest BCUT2D eigenvalue weighted by Gasteiger charge is 2.25. The third-order valence-electron chi connectivity index (χ3n) is 5.15. The lowest BCUT2D eigenvalue weighted by atomic mass is 10.2. The Kier molecular flexibility index (Phi) is 7.12. The zero-order chi connectivity index (χ0) is 20.9. The lowest BCUT2D eigenvalue weighted by Gasteiger charge is -2.28. The summed E-state index contributed by atoms with van der Waals surface area (Å²) in [6.45, 7) is 6.37. The first-order valence-electron chi connectivity index (χ1n) is 10.3. The van der Waals surface area contributed by atoms with Gasteiger partial charge in [-0.1, -0.05) is 11.8 Å². The number of benzene rings is 1. The SMILES string of the molecule is CCOC(=O)COc1cc(NC)c2[nH]c(C3=NCC(CN4CCSCC4)S3)cc2c1. The molecule has 2 aliphatic rings. The summed E-state index contributed by atoms with van der Waals surface area (Å²) in [5, 5.41) is 5.81. The Bertz CT molecular complexity index is 924. The number of aromatic nitrogens is 1. The van der Waals surface area contributed by atoms with Crippen LogP contribution in [0.15, 0.2) is 23.2 Å². The summed E-state index contributed by atoms with van der Waals surface area (Å²) in [4.78, 5) is 22.5. The maximum Gasteiger partial charge on any atom is 0.344 e. The van der Waals surface area contributed by atoms with Gasteiger partial charge in [0.1, 0.15) is 10.8 Å². The van der Waals surface area contributed by atoms with E-state index >= 15 is 0 Å². The van der Waals surface area contributed by atoms with Crippen LogP contribution in [0.5, 0.6) is 5.75 Å². The lowest BCUT2D eigenvalue weighted by Crippen LogP contribution is -2.37. The number of esters is 1. The average Bonchev–Trinajstić information content (AvgIpc) is 3.39. The molecule has 0 bridgehead atoms. The molecule has 2 aromatic rings. The minimum Gasteiger partial charge on any atom is -0.482 e. The van der Waals surface area contributed by atoms with Gasteiger partial charge in [0.15, 0.2) is 6.61 Å². The molecule has 162 valence electrons. The fourth-order valence-electron chi connectivity index (χ4n) is 3.69. The van der Waals surface area contributed by atoms with Crippen molar-refractivity contribution in [2.24, 2.45) is 4.99 Å². The van der Waals surface area contributed by atoms with E-state index in [0.29, 0.717) is 17.6 Å². The van der Waals surface area contributed by atoms with E-state index in [1.165, 1.54) is 24.6 Å². The van der Waals surface area contributed by atoms with Gasteiger partial charge in [0.2, 0.25) is 0 Å². The van der Waals surface area contributed by atoms with Gasteiger partial charge in [-0.25, -0.2) is 4.79 Å². The normalized spacial score (nSPS) is 19.7. The molecule has 3 heterocycles. The predicted octanol–water partition coefficient (Wildman–Crippen LogP) is 3.06. The zero-order valence-corrected chi connectivity index (χ0v) is 19.0. The lowest BCUT2D eigenvalue weighted by molar-refractivity contribution is -0.145. The molecular formula is C21H28N4O3S2. The van der Waals surface area contributed by atoms with Crippen LogP contribution in [-0.4, -0.2) is 84.1 Å². The van der Waals surface area contributed by atoms with Crippen LogP contribution in [0.3, 0.4) is 0 Å². The molecule has 1 aromatic carbocycles. The molecule has 1 unspecified atom stereocenters. The van der Waals surface area contributed by atoms with Gasteiger partial charge in [0.05, 0.1) is 30.0 Å². The predicted molar refractivity (Wildman–Crippen MR) is 127 cm³/mol. The first kappa shape index (κ1) is 21.4. The molecule has 4 rings (SSSR count). The number of H-pyrrole nitrogens is 1. The summed E-state index contributed by atoms with van der Waals surface area (Å²) in [7, 11) is 1.87. The second kappa shape index (κ2) is 9.98. The van der Waals surface area contributed by atoms with Crippen molar-refractivity contribution in [2.75, 3.05) is 63.3 Å². The number of aliphatic imine (C=N–C) groups is 1. The molecule has 30 heavy (non-hydrogen) atoms. The molecule has 0 spiro atoms. The molecule has 1 atom stereocenters. The largest absolute Gasteiger partial charge is 0.482 e. The van der Waals surface area contributed by atoms with Crippen molar-refractivity contribution in [3.63, 3.8) is 0 Å². The van der Waals surface area contributed by atoms with Crippen LogP contribution in [0.4, 0.5) is 5.69 Å². The Morgan fingerprint density at radius 1 is 1.33 bits per heavy atom. The van der Waals surface area contributed by atoms with Crippen LogP contribution >= 0.6 is 23.5 Å². The topological polar surface area (TPSA) is 79.0 Å². The zero-order valence-electron chi connectivity index (χ0n) is 17.4. The van der Waals surface area contributed by atoms with E-state index in [1.54, 1.807) is 6.92 Å². The smallest absolute Gasteiger partial charge is 0.344 e. The molecule has 0 radical (unpaired) electrons. The van der Waals surface area contributed by atoms with Crippen molar-refractivity contribution in [2.45, 2.75) is 12.2 Å². The van der Waals surface area contributed by atoms with E-state index in [1.807, 2.05) is 42.7 Å². The highest BCUT2D eigenvalue weighted by molar-refractivity contribution is 8.15. The van der Waals surface area contributed by atoms with Gasteiger partial charge >= 0.3 is 5.97 Å². The van der Waals surface area contributed by atoms with Gasteiger partial charge in [-0.05, 0) is 19.1 Å². The molecule has 2 aliphatic heterocycles. The quantitative estimate of drug-likeness (QED) is 0.601. The highest BCUT2D eigenvalue weighted by atomic mass is 32.2. The third-order valence-corrected chi connectivity index (χ3v) is 7.29. The van der Waals surface area contributed by atoms with Crippen molar-refractivity contribution in [3.8, 4) is 5.75 Å². The fraction of sp³-hybridized carbons (Fsp3) is 0.524. The molecule has 2 N–H and O–H groups in total. The Balaban J connectivity index is 1.45. The number of thioether (sulfide) groups is 2. The highest BCUT2D eigenvalue weighted by Crippen LogP contribution is 2.33. The molecule has 0 aliphatic carbocycles. The van der Waals surface area contributed by atoms with Crippen LogP contribution < -0.4 is 10.1 Å². The van der Waals surface area contributed by atoms with Crippen LogP contribution in [0.25, 0.3) is 10.9 Å². The standard InChI is InChI=1S/C21H28N4O3S2/c1-3-27-19(26)13-28-15-8-14-9-18(24-20(14)17(10-15)22-2)21-23-11-16(30-21)12-25-4-6-29-7-5-25/h8-10,16,22,24H,3-7,11-13H2,1-2H3. The van der Waals surface area contributed by atoms with Gasteiger partial charge in [-0.2, -0.15) is 11.8 Å². The van der Waals surface area contributed by atoms with E-state index < -0.39 is 0 Å². The first-order valence-corrected chi connectivity index (χ1v) is 12.3. The number of rotatable bonds is 8. The van der Waals surface area contributed by atoms with Crippen molar-refractivity contribution in [1.82, 2.24) is 9.88 Å². The van der Waals surface area contributed by atoms with Crippen LogP contribution in [-0.2, 0) is 9.53 Å². The van der Waals surface area contributed by atoms with Gasteiger partial charge in [0, 0.05) is 54.9 Å². The summed E-state index contributed by atoms with van der Waals surface area (Å²) in [6.07, 6.45) is 0. The van der Waals surface area contributed by atoms with Crippen molar-refractivity contribution in [1.29, 1.82) is 0 Å². The minimum absolute atomic E-state index is 0.0982. The number of carbonyl (C=O) groups excluding carboxylic acids is 1. The molecule has 9 heteroatoms. The molecule has 0 saturated carbocycles. The van der Waals surface area contributed by atoms with E-state index in [0.717, 1.165) is 40.4 Å². The summed E-state index contributed by atoms with van der Waals surface area (Å²) < 4.78 is 10.6. The third kappa shape index (κ3) is 5.07. The van der Waals surface area contributed by atoms with Crippen LogP contribution in [0.2, 0.25) is 0 Å². The average molecular weight is 449 g/mol. The number of anilines is 1. The second-order valence-corrected chi connectivity index (χ2v) is 9.77. The monoisotopic (exact) mass is 448 g/mol. The van der Waals surface area contributed by atoms with E-state index in [2.05, 4.69) is 21.3 Å². The summed E-state index contributed by atoms with van der Waals surface area (Å²) in [6, 6.07) is 5.94. The molecule has 1 aromatic heterocycles. The van der Waals surface area contributed by atoms with Gasteiger partial charge in [-0.3, -0.25) is 4.99 Å². The van der Waals surface area contributed by atoms with E-state index in [-0.39, 0.29) is 12.6 Å². The molecular weight excluding hydrogens is 420 g/mol. The number of hydrogen-bond donors (Lipinski definition) is 2. The molecule has 7 nitrogen and oxygen atoms in total. The van der Waals surface area contributed by atoms with Crippen LogP contribution in [0, 0.1) is 0 Å². The number of hydrogen-bond acceptors (Lipinski definition) is 8. The number of nitrogens with zero attached hydrogens (tertiary/aromatic N) is 2. The van der Waals surface area contributed by atoms with Gasteiger partial charge in [0.25, 0.3) is 0 Å². The van der Waals surface area contributed by atoms with E-state index in [9.17, 15) is 4.79 Å². The minimum atomic E-state index is -0.367. The van der Waals surface area contributed by atoms with Crippen molar-refractivity contribution < 1.29 is 14.3 Å². The van der Waals surface area contributed by atoms with Gasteiger partial charge < -0.3 is 24.7 Å². The van der Waals surface area contributed by atoms with Crippen molar-refractivity contribution >= 4 is 51.1 Å². The maximum absolute atomic E-state index is 11.6. The summed E-state index contributed by atoms with van der Waals surface area (Å²) >= 11 is 3.91. The molecule has 0 amide bonds. The first-order chi connectivity index (χ1) is 14.7. The van der Waals surface area contributed by atoms with Crippen LogP contribution in [0.1, 0.15) is 12.6 Å². The summed E-state index contributed by atoms with van der Waals surface area (Å²) in [5.41, 5.74) is 2.96. The Hall–Kier alpha value is -1.84. The Labute approximate surface area is 185 Å². The second-order valence-electron chi connectivity index (χ2n) is 7.26. The fourth-order valence-corrected chi connectivity index (χ4v) is 5.80.